The monoisotopic (exact) mass is 401 g/mol. The van der Waals surface area contributed by atoms with Crippen molar-refractivity contribution in [2.75, 3.05) is 18.9 Å². The molecule has 1 amide bonds. The van der Waals surface area contributed by atoms with Crippen molar-refractivity contribution >= 4 is 15.7 Å². The number of carbonyl (C=O) groups is 1. The molecule has 2 aromatic rings. The summed E-state index contributed by atoms with van der Waals surface area (Å²) in [4.78, 5) is 14.9. The molecule has 1 heterocycles. The number of ether oxygens (including phenoxy) is 1. The van der Waals surface area contributed by atoms with Gasteiger partial charge in [0.1, 0.15) is 0 Å². The van der Waals surface area contributed by atoms with Gasteiger partial charge in [0.15, 0.2) is 9.84 Å². The zero-order valence-electron chi connectivity index (χ0n) is 16.2. The van der Waals surface area contributed by atoms with E-state index in [2.05, 4.69) is 0 Å². The average Bonchev–Trinajstić information content (AvgIpc) is 3.20. The molecule has 3 rings (SSSR count). The molecule has 1 saturated heterocycles. The second-order valence-electron chi connectivity index (χ2n) is 7.28. The van der Waals surface area contributed by atoms with Crippen molar-refractivity contribution in [3.8, 4) is 0 Å². The maximum absolute atomic E-state index is 12.9. The van der Waals surface area contributed by atoms with E-state index in [1.165, 1.54) is 0 Å². The molecule has 1 atom stereocenters. The van der Waals surface area contributed by atoms with Gasteiger partial charge in [-0.3, -0.25) is 4.79 Å². The molecule has 28 heavy (non-hydrogen) atoms. The fourth-order valence-electron chi connectivity index (χ4n) is 3.34. The van der Waals surface area contributed by atoms with Gasteiger partial charge in [0.05, 0.1) is 16.8 Å². The van der Waals surface area contributed by atoms with E-state index in [-0.39, 0.29) is 29.1 Å². The molecule has 0 spiro atoms. The standard InChI is InChI=1S/C22H27NO4S/c1-18-9-11-21(12-10-18)28(25,26)15-13-22(24)23(17-20-8-5-14-27-20)16-19-6-3-2-4-7-19/h2-4,6-7,9-12,20H,5,8,13-17H2,1H3. The highest BCUT2D eigenvalue weighted by atomic mass is 32.2. The zero-order chi connectivity index (χ0) is 20.0. The summed E-state index contributed by atoms with van der Waals surface area (Å²) in [6, 6.07) is 16.5. The van der Waals surface area contributed by atoms with E-state index in [4.69, 9.17) is 4.74 Å². The Labute approximate surface area is 167 Å². The Morgan fingerprint density at radius 1 is 1.11 bits per heavy atom. The second-order valence-corrected chi connectivity index (χ2v) is 9.39. The summed E-state index contributed by atoms with van der Waals surface area (Å²) in [5.41, 5.74) is 2.02. The molecular formula is C22H27NO4S. The van der Waals surface area contributed by atoms with Crippen LogP contribution in [-0.2, 0) is 25.9 Å². The van der Waals surface area contributed by atoms with Crippen LogP contribution in [0.1, 0.15) is 30.4 Å². The Hall–Kier alpha value is -2.18. The van der Waals surface area contributed by atoms with Crippen molar-refractivity contribution in [2.45, 2.75) is 43.7 Å². The van der Waals surface area contributed by atoms with Crippen LogP contribution in [0.25, 0.3) is 0 Å². The lowest BCUT2D eigenvalue weighted by molar-refractivity contribution is -0.133. The van der Waals surface area contributed by atoms with Gasteiger partial charge in [-0.25, -0.2) is 8.42 Å². The number of hydrogen-bond acceptors (Lipinski definition) is 4. The number of sulfone groups is 1. The van der Waals surface area contributed by atoms with Crippen molar-refractivity contribution in [3.63, 3.8) is 0 Å². The molecule has 1 unspecified atom stereocenters. The fraction of sp³-hybridized carbons (Fsp3) is 0.409. The molecule has 0 aliphatic carbocycles. The van der Waals surface area contributed by atoms with Gasteiger partial charge in [0.2, 0.25) is 5.91 Å². The minimum absolute atomic E-state index is 0.0290. The van der Waals surface area contributed by atoms with Gasteiger partial charge >= 0.3 is 0 Å². The summed E-state index contributed by atoms with van der Waals surface area (Å²) < 4.78 is 30.8. The van der Waals surface area contributed by atoms with Gasteiger partial charge in [0.25, 0.3) is 0 Å². The van der Waals surface area contributed by atoms with Crippen LogP contribution >= 0.6 is 0 Å². The third kappa shape index (κ3) is 5.66. The van der Waals surface area contributed by atoms with Gasteiger partial charge in [0, 0.05) is 26.1 Å². The molecule has 1 aliphatic rings. The van der Waals surface area contributed by atoms with Crippen LogP contribution in [0.5, 0.6) is 0 Å². The van der Waals surface area contributed by atoms with Crippen molar-refractivity contribution in [3.05, 3.63) is 65.7 Å². The molecule has 6 heteroatoms. The lowest BCUT2D eigenvalue weighted by atomic mass is 10.1. The molecule has 0 N–H and O–H groups in total. The summed E-state index contributed by atoms with van der Waals surface area (Å²) >= 11 is 0. The highest BCUT2D eigenvalue weighted by molar-refractivity contribution is 7.91. The van der Waals surface area contributed by atoms with E-state index in [0.717, 1.165) is 30.6 Å². The lowest BCUT2D eigenvalue weighted by Crippen LogP contribution is -2.37. The minimum Gasteiger partial charge on any atom is -0.376 e. The molecule has 0 radical (unpaired) electrons. The van der Waals surface area contributed by atoms with E-state index < -0.39 is 9.84 Å². The van der Waals surface area contributed by atoms with Crippen LogP contribution in [0.4, 0.5) is 0 Å². The number of carbonyl (C=O) groups excluding carboxylic acids is 1. The van der Waals surface area contributed by atoms with E-state index >= 15 is 0 Å². The Morgan fingerprint density at radius 2 is 1.82 bits per heavy atom. The minimum atomic E-state index is -3.48. The van der Waals surface area contributed by atoms with Crippen molar-refractivity contribution < 1.29 is 17.9 Å². The highest BCUT2D eigenvalue weighted by Gasteiger charge is 2.24. The number of benzene rings is 2. The van der Waals surface area contributed by atoms with E-state index in [1.807, 2.05) is 37.3 Å². The fourth-order valence-corrected chi connectivity index (χ4v) is 4.57. The quantitative estimate of drug-likeness (QED) is 0.680. The zero-order valence-corrected chi connectivity index (χ0v) is 17.0. The summed E-state index contributed by atoms with van der Waals surface area (Å²) in [7, 11) is -3.48. The maximum Gasteiger partial charge on any atom is 0.223 e. The predicted molar refractivity (Wildman–Crippen MR) is 109 cm³/mol. The highest BCUT2D eigenvalue weighted by Crippen LogP contribution is 2.18. The van der Waals surface area contributed by atoms with Crippen LogP contribution in [-0.4, -0.2) is 44.2 Å². The van der Waals surface area contributed by atoms with Crippen LogP contribution in [0.2, 0.25) is 0 Å². The second kappa shape index (κ2) is 9.34. The van der Waals surface area contributed by atoms with Gasteiger partial charge < -0.3 is 9.64 Å². The molecule has 0 aromatic heterocycles. The molecule has 0 bridgehead atoms. The van der Waals surface area contributed by atoms with E-state index in [0.29, 0.717) is 13.1 Å². The van der Waals surface area contributed by atoms with Crippen LogP contribution in [0.3, 0.4) is 0 Å². The van der Waals surface area contributed by atoms with Gasteiger partial charge in [-0.15, -0.1) is 0 Å². The number of amides is 1. The Morgan fingerprint density at radius 3 is 2.46 bits per heavy atom. The predicted octanol–water partition coefficient (Wildman–Crippen LogP) is 3.37. The Bertz CT molecular complexity index is 873. The summed E-state index contributed by atoms with van der Waals surface area (Å²) in [6.45, 7) is 3.59. The third-order valence-corrected chi connectivity index (χ3v) is 6.71. The summed E-state index contributed by atoms with van der Waals surface area (Å²) in [5.74, 6) is -0.346. The number of hydrogen-bond donors (Lipinski definition) is 0. The SMILES string of the molecule is Cc1ccc(S(=O)(=O)CCC(=O)N(Cc2ccccc2)CC2CCCO2)cc1. The summed E-state index contributed by atoms with van der Waals surface area (Å²) in [6.07, 6.45) is 1.93. The molecule has 1 fully saturated rings. The first-order valence-corrected chi connectivity index (χ1v) is 11.3. The number of aryl methyl sites for hydroxylation is 1. The van der Waals surface area contributed by atoms with Gasteiger partial charge in [-0.2, -0.15) is 0 Å². The lowest BCUT2D eigenvalue weighted by Gasteiger charge is -2.25. The third-order valence-electron chi connectivity index (χ3n) is 4.98. The van der Waals surface area contributed by atoms with Crippen LogP contribution in [0.15, 0.2) is 59.5 Å². The topological polar surface area (TPSA) is 63.7 Å². The number of rotatable bonds is 8. The molecule has 150 valence electrons. The molecular weight excluding hydrogens is 374 g/mol. The van der Waals surface area contributed by atoms with Crippen molar-refractivity contribution in [2.24, 2.45) is 0 Å². The summed E-state index contributed by atoms with van der Waals surface area (Å²) in [5, 5.41) is 0. The van der Waals surface area contributed by atoms with Crippen molar-refractivity contribution in [1.29, 1.82) is 0 Å². The molecule has 1 aliphatic heterocycles. The maximum atomic E-state index is 12.9. The van der Waals surface area contributed by atoms with Gasteiger partial charge in [-0.1, -0.05) is 48.0 Å². The smallest absolute Gasteiger partial charge is 0.223 e. The Kier molecular flexibility index (Phi) is 6.86. The first kappa shape index (κ1) is 20.6. The molecule has 0 saturated carbocycles. The molecule has 5 nitrogen and oxygen atoms in total. The first-order chi connectivity index (χ1) is 13.4. The largest absolute Gasteiger partial charge is 0.376 e. The van der Waals surface area contributed by atoms with Crippen molar-refractivity contribution in [1.82, 2.24) is 4.90 Å². The molecule has 2 aromatic carbocycles. The first-order valence-electron chi connectivity index (χ1n) is 9.67. The number of nitrogens with zero attached hydrogens (tertiary/aromatic N) is 1. The van der Waals surface area contributed by atoms with Gasteiger partial charge in [-0.05, 0) is 37.5 Å². The van der Waals surface area contributed by atoms with E-state index in [1.54, 1.807) is 29.2 Å². The Balaban J connectivity index is 1.66. The normalized spacial score (nSPS) is 16.8. The van der Waals surface area contributed by atoms with Crippen LogP contribution in [0, 0.1) is 6.92 Å². The average molecular weight is 402 g/mol. The van der Waals surface area contributed by atoms with Crippen LogP contribution < -0.4 is 0 Å². The van der Waals surface area contributed by atoms with E-state index in [9.17, 15) is 13.2 Å².